The third-order valence-corrected chi connectivity index (χ3v) is 5.79. The fourth-order valence-electron chi connectivity index (χ4n) is 2.63. The summed E-state index contributed by atoms with van der Waals surface area (Å²) in [7, 11) is -2.10. The lowest BCUT2D eigenvalue weighted by Gasteiger charge is -2.08. The summed E-state index contributed by atoms with van der Waals surface area (Å²) < 4.78 is 43.4. The van der Waals surface area contributed by atoms with E-state index in [0.29, 0.717) is 16.8 Å². The fraction of sp³-hybridized carbons (Fsp3) is 0.0952. The summed E-state index contributed by atoms with van der Waals surface area (Å²) >= 11 is 0. The van der Waals surface area contributed by atoms with Crippen LogP contribution in [0.15, 0.2) is 77.7 Å². The van der Waals surface area contributed by atoms with Crippen molar-refractivity contribution in [3.8, 4) is 5.75 Å². The minimum atomic E-state index is -3.46. The molecule has 3 aromatic carbocycles. The molecule has 0 atom stereocenters. The van der Waals surface area contributed by atoms with Crippen LogP contribution < -0.4 is 10.1 Å². The molecule has 7 heteroatoms. The van der Waals surface area contributed by atoms with Crippen molar-refractivity contribution in [1.29, 1.82) is 0 Å². The lowest BCUT2D eigenvalue weighted by atomic mass is 10.1. The molecule has 28 heavy (non-hydrogen) atoms. The van der Waals surface area contributed by atoms with Gasteiger partial charge in [-0.15, -0.1) is 0 Å². The third-order valence-electron chi connectivity index (χ3n) is 4.08. The second-order valence-corrected chi connectivity index (χ2v) is 8.06. The molecular weight excluding hydrogens is 381 g/mol. The number of hydrogen-bond donors (Lipinski definition) is 1. The number of carbonyl (C=O) groups excluding carboxylic acids is 1. The van der Waals surface area contributed by atoms with Gasteiger partial charge >= 0.3 is 0 Å². The number of carbonyl (C=O) groups is 1. The van der Waals surface area contributed by atoms with Crippen molar-refractivity contribution >= 4 is 21.4 Å². The normalized spacial score (nSPS) is 11.1. The van der Waals surface area contributed by atoms with Crippen LogP contribution in [0.25, 0.3) is 0 Å². The quantitative estimate of drug-likeness (QED) is 0.678. The van der Waals surface area contributed by atoms with Gasteiger partial charge in [-0.1, -0.05) is 30.3 Å². The Labute approximate surface area is 162 Å². The molecule has 3 rings (SSSR count). The van der Waals surface area contributed by atoms with Gasteiger partial charge in [0.05, 0.1) is 17.8 Å². The second-order valence-electron chi connectivity index (χ2n) is 6.07. The van der Waals surface area contributed by atoms with E-state index in [1.165, 1.54) is 31.4 Å². The summed E-state index contributed by atoms with van der Waals surface area (Å²) in [4.78, 5) is 12.6. The zero-order chi connectivity index (χ0) is 20.1. The Balaban J connectivity index is 1.70. The monoisotopic (exact) mass is 399 g/mol. The molecule has 0 radical (unpaired) electrons. The Morgan fingerprint density at radius 1 is 1.00 bits per heavy atom. The molecule has 0 bridgehead atoms. The highest BCUT2D eigenvalue weighted by molar-refractivity contribution is 7.90. The maximum absolute atomic E-state index is 13.7. The van der Waals surface area contributed by atoms with Gasteiger partial charge in [-0.2, -0.15) is 0 Å². The largest absolute Gasteiger partial charge is 0.494 e. The average molecular weight is 399 g/mol. The number of ether oxygens (including phenoxy) is 1. The first-order valence-corrected chi connectivity index (χ1v) is 10.1. The molecule has 1 amide bonds. The van der Waals surface area contributed by atoms with Crippen LogP contribution in [0, 0.1) is 5.82 Å². The molecule has 0 spiro atoms. The number of methoxy groups -OCH3 is 1. The smallest absolute Gasteiger partial charge is 0.255 e. The SMILES string of the molecule is COc1ccc(NC(=O)c2ccc(CS(=O)(=O)c3ccccc3)cc2)cc1F. The summed E-state index contributed by atoms with van der Waals surface area (Å²) in [5, 5.41) is 2.59. The van der Waals surface area contributed by atoms with Crippen LogP contribution in [0.4, 0.5) is 10.1 Å². The highest BCUT2D eigenvalue weighted by atomic mass is 32.2. The van der Waals surface area contributed by atoms with Crippen molar-refractivity contribution < 1.29 is 22.3 Å². The van der Waals surface area contributed by atoms with Crippen LogP contribution in [0.3, 0.4) is 0 Å². The number of sulfone groups is 1. The number of hydrogen-bond acceptors (Lipinski definition) is 4. The summed E-state index contributed by atoms with van der Waals surface area (Å²) in [5.41, 5.74) is 1.19. The van der Waals surface area contributed by atoms with Gasteiger partial charge in [-0.25, -0.2) is 12.8 Å². The van der Waals surface area contributed by atoms with Gasteiger partial charge in [0.2, 0.25) is 0 Å². The van der Waals surface area contributed by atoms with Crippen LogP contribution in [0.5, 0.6) is 5.75 Å². The van der Waals surface area contributed by atoms with Gasteiger partial charge in [0.15, 0.2) is 21.4 Å². The molecule has 0 aliphatic heterocycles. The Kier molecular flexibility index (Phi) is 5.75. The Hall–Kier alpha value is -3.19. The van der Waals surface area contributed by atoms with E-state index in [1.54, 1.807) is 42.5 Å². The number of rotatable bonds is 6. The van der Waals surface area contributed by atoms with Crippen LogP contribution >= 0.6 is 0 Å². The Morgan fingerprint density at radius 3 is 2.29 bits per heavy atom. The zero-order valence-electron chi connectivity index (χ0n) is 15.1. The molecule has 1 N–H and O–H groups in total. The van der Waals surface area contributed by atoms with E-state index < -0.39 is 21.6 Å². The van der Waals surface area contributed by atoms with E-state index >= 15 is 0 Å². The lowest BCUT2D eigenvalue weighted by Crippen LogP contribution is -2.12. The van der Waals surface area contributed by atoms with Crippen molar-refractivity contribution in [3.63, 3.8) is 0 Å². The predicted molar refractivity (Wildman–Crippen MR) is 105 cm³/mol. The first-order valence-electron chi connectivity index (χ1n) is 8.41. The van der Waals surface area contributed by atoms with Crippen molar-refractivity contribution in [1.82, 2.24) is 0 Å². The number of amides is 1. The maximum atomic E-state index is 13.7. The molecule has 0 aliphatic rings. The summed E-state index contributed by atoms with van der Waals surface area (Å²) in [6.45, 7) is 0. The van der Waals surface area contributed by atoms with Crippen LogP contribution in [0.2, 0.25) is 0 Å². The highest BCUT2D eigenvalue weighted by Crippen LogP contribution is 2.21. The number of nitrogens with one attached hydrogen (secondary N) is 1. The Bertz CT molecular complexity index is 1080. The molecular formula is C21H18FNO4S. The predicted octanol–water partition coefficient (Wildman–Crippen LogP) is 4.06. The number of halogens is 1. The van der Waals surface area contributed by atoms with Crippen LogP contribution in [-0.2, 0) is 15.6 Å². The van der Waals surface area contributed by atoms with Gasteiger partial charge < -0.3 is 10.1 Å². The minimum absolute atomic E-state index is 0.0852. The molecule has 5 nitrogen and oxygen atoms in total. The molecule has 0 fully saturated rings. The van der Waals surface area contributed by atoms with Gasteiger partial charge in [-0.3, -0.25) is 4.79 Å². The van der Waals surface area contributed by atoms with E-state index in [2.05, 4.69) is 5.32 Å². The topological polar surface area (TPSA) is 72.5 Å². The van der Waals surface area contributed by atoms with Gasteiger partial charge in [0.1, 0.15) is 0 Å². The highest BCUT2D eigenvalue weighted by Gasteiger charge is 2.15. The summed E-state index contributed by atoms with van der Waals surface area (Å²) in [6.07, 6.45) is 0. The molecule has 144 valence electrons. The van der Waals surface area contributed by atoms with Crippen molar-refractivity contribution in [2.45, 2.75) is 10.6 Å². The first kappa shape index (κ1) is 19.6. The molecule has 0 saturated carbocycles. The summed E-state index contributed by atoms with van der Waals surface area (Å²) in [5.74, 6) is -1.09. The zero-order valence-corrected chi connectivity index (χ0v) is 15.9. The number of benzene rings is 3. The van der Waals surface area contributed by atoms with Crippen molar-refractivity contribution in [2.24, 2.45) is 0 Å². The maximum Gasteiger partial charge on any atom is 0.255 e. The van der Waals surface area contributed by atoms with E-state index in [1.807, 2.05) is 0 Å². The fourth-order valence-corrected chi connectivity index (χ4v) is 4.00. The molecule has 0 aliphatic carbocycles. The first-order chi connectivity index (χ1) is 13.4. The van der Waals surface area contributed by atoms with E-state index in [9.17, 15) is 17.6 Å². The molecule has 0 aromatic heterocycles. The van der Waals surface area contributed by atoms with E-state index in [4.69, 9.17) is 4.74 Å². The van der Waals surface area contributed by atoms with Crippen LogP contribution in [-0.4, -0.2) is 21.4 Å². The van der Waals surface area contributed by atoms with E-state index in [-0.39, 0.29) is 16.4 Å². The van der Waals surface area contributed by atoms with Crippen LogP contribution in [0.1, 0.15) is 15.9 Å². The molecule has 3 aromatic rings. The van der Waals surface area contributed by atoms with Gasteiger partial charge in [0, 0.05) is 17.3 Å². The lowest BCUT2D eigenvalue weighted by molar-refractivity contribution is 0.102. The number of anilines is 1. The second kappa shape index (κ2) is 8.22. The van der Waals surface area contributed by atoms with Gasteiger partial charge in [0.25, 0.3) is 5.91 Å². The molecule has 0 heterocycles. The van der Waals surface area contributed by atoms with Crippen molar-refractivity contribution in [2.75, 3.05) is 12.4 Å². The standard InChI is InChI=1S/C21H18FNO4S/c1-27-20-12-11-17(13-19(20)22)23-21(24)16-9-7-15(8-10-16)14-28(25,26)18-5-3-2-4-6-18/h2-13H,14H2,1H3,(H,23,24). The minimum Gasteiger partial charge on any atom is -0.494 e. The Morgan fingerprint density at radius 2 is 1.68 bits per heavy atom. The van der Waals surface area contributed by atoms with Crippen molar-refractivity contribution in [3.05, 3.63) is 89.7 Å². The van der Waals surface area contributed by atoms with E-state index in [0.717, 1.165) is 6.07 Å². The van der Waals surface area contributed by atoms with Gasteiger partial charge in [-0.05, 0) is 42.0 Å². The average Bonchev–Trinajstić information content (AvgIpc) is 2.69. The molecule has 0 saturated heterocycles. The summed E-state index contributed by atoms with van der Waals surface area (Å²) in [6, 6.07) is 18.5. The third kappa shape index (κ3) is 4.55. The molecule has 0 unspecified atom stereocenters.